The predicted octanol–water partition coefficient (Wildman–Crippen LogP) is 3.64. The van der Waals surface area contributed by atoms with E-state index in [0.717, 1.165) is 4.47 Å². The zero-order chi connectivity index (χ0) is 13.8. The molecule has 0 aliphatic rings. The normalized spacial score (nSPS) is 10.5. The summed E-state index contributed by atoms with van der Waals surface area (Å²) in [6, 6.07) is 4.81. The van der Waals surface area contributed by atoms with Crippen LogP contribution >= 0.6 is 27.5 Å². The molecule has 0 amide bonds. The molecule has 0 bridgehead atoms. The van der Waals surface area contributed by atoms with Crippen molar-refractivity contribution in [2.45, 2.75) is 13.5 Å². The van der Waals surface area contributed by atoms with Crippen molar-refractivity contribution in [3.8, 4) is 5.75 Å². The highest BCUT2D eigenvalue weighted by molar-refractivity contribution is 9.10. The minimum atomic E-state index is -0.258. The number of anilines is 2. The van der Waals surface area contributed by atoms with Crippen molar-refractivity contribution in [3.05, 3.63) is 34.1 Å². The van der Waals surface area contributed by atoms with Crippen LogP contribution in [-0.4, -0.2) is 11.0 Å². The van der Waals surface area contributed by atoms with Gasteiger partial charge in [-0.3, -0.25) is 0 Å². The molecule has 3 N–H and O–H groups in total. The van der Waals surface area contributed by atoms with Gasteiger partial charge in [0.1, 0.15) is 5.82 Å². The van der Waals surface area contributed by atoms with Crippen LogP contribution in [0.2, 0.25) is 0 Å². The molecule has 0 atom stereocenters. The molecule has 0 aliphatic heterocycles. The molecule has 4 nitrogen and oxygen atoms in total. The van der Waals surface area contributed by atoms with Crippen LogP contribution in [0.25, 0.3) is 0 Å². The maximum Gasteiger partial charge on any atom is 0.197 e. The van der Waals surface area contributed by atoms with Crippen LogP contribution in [0.4, 0.5) is 15.2 Å². The Bertz CT molecular complexity index is 576. The third-order valence-electron chi connectivity index (χ3n) is 2.41. The van der Waals surface area contributed by atoms with Gasteiger partial charge in [0.2, 0.25) is 0 Å². The van der Waals surface area contributed by atoms with Gasteiger partial charge in [-0.25, -0.2) is 4.39 Å². The average molecular weight is 346 g/mol. The Kier molecular flexibility index (Phi) is 4.60. The molecular weight excluding hydrogens is 333 g/mol. The predicted molar refractivity (Wildman–Crippen MR) is 79.1 cm³/mol. The van der Waals surface area contributed by atoms with Crippen molar-refractivity contribution >= 4 is 38.3 Å². The second kappa shape index (κ2) is 6.21. The number of nitrogens with zero attached hydrogens (tertiary/aromatic N) is 1. The average Bonchev–Trinajstić information content (AvgIpc) is 2.73. The topological polar surface area (TPSA) is 60.2 Å². The smallest absolute Gasteiger partial charge is 0.197 e. The van der Waals surface area contributed by atoms with Crippen LogP contribution in [0.3, 0.4) is 0 Å². The van der Waals surface area contributed by atoms with E-state index >= 15 is 0 Å². The number of hydrogen-bond acceptors (Lipinski definition) is 5. The minimum Gasteiger partial charge on any atom is -0.487 e. The fourth-order valence-electron chi connectivity index (χ4n) is 1.54. The van der Waals surface area contributed by atoms with Gasteiger partial charge in [-0.15, -0.1) is 0 Å². The van der Waals surface area contributed by atoms with Gasteiger partial charge in [-0.2, -0.15) is 4.37 Å². The van der Waals surface area contributed by atoms with Crippen LogP contribution in [0.5, 0.6) is 5.75 Å². The summed E-state index contributed by atoms with van der Waals surface area (Å²) in [5.41, 5.74) is 6.26. The van der Waals surface area contributed by atoms with E-state index in [1.807, 2.05) is 6.92 Å². The quantitative estimate of drug-likeness (QED) is 0.868. The lowest BCUT2D eigenvalue weighted by atomic mass is 10.2. The fraction of sp³-hybridized carbons (Fsp3) is 0.250. The van der Waals surface area contributed by atoms with Gasteiger partial charge in [0, 0.05) is 16.6 Å². The molecule has 1 aromatic carbocycles. The summed E-state index contributed by atoms with van der Waals surface area (Å²) in [5.74, 6) is 0.623. The molecule has 1 aromatic heterocycles. The third kappa shape index (κ3) is 3.36. The Morgan fingerprint density at radius 2 is 2.32 bits per heavy atom. The Balaban J connectivity index is 2.12. The van der Waals surface area contributed by atoms with Crippen molar-refractivity contribution in [1.29, 1.82) is 0 Å². The molecule has 0 radical (unpaired) electrons. The summed E-state index contributed by atoms with van der Waals surface area (Å²) in [4.78, 5) is 0. The highest BCUT2D eigenvalue weighted by atomic mass is 79.9. The molecule has 0 spiro atoms. The Hall–Kier alpha value is -1.34. The first-order valence-corrected chi connectivity index (χ1v) is 7.24. The van der Waals surface area contributed by atoms with E-state index in [4.69, 9.17) is 10.5 Å². The molecule has 0 aliphatic carbocycles. The fourth-order valence-corrected chi connectivity index (χ4v) is 2.61. The van der Waals surface area contributed by atoms with E-state index in [0.29, 0.717) is 35.3 Å². The molecule has 2 rings (SSSR count). The van der Waals surface area contributed by atoms with Gasteiger partial charge >= 0.3 is 0 Å². The van der Waals surface area contributed by atoms with Gasteiger partial charge in [-0.05, 0) is 36.7 Å². The number of hydrogen-bond donors (Lipinski definition) is 2. The van der Waals surface area contributed by atoms with Crippen molar-refractivity contribution in [2.75, 3.05) is 17.7 Å². The second-order valence-corrected chi connectivity index (χ2v) is 5.44. The Labute approximate surface area is 123 Å². The summed E-state index contributed by atoms with van der Waals surface area (Å²) < 4.78 is 23.9. The molecule has 0 saturated heterocycles. The summed E-state index contributed by atoms with van der Waals surface area (Å²) in [6.45, 7) is 2.71. The van der Waals surface area contributed by atoms with E-state index < -0.39 is 0 Å². The molecule has 0 saturated carbocycles. The van der Waals surface area contributed by atoms with E-state index in [1.54, 1.807) is 12.1 Å². The molecule has 0 unspecified atom stereocenters. The Morgan fingerprint density at radius 3 is 3.05 bits per heavy atom. The van der Waals surface area contributed by atoms with E-state index in [1.165, 1.54) is 17.6 Å². The maximum absolute atomic E-state index is 13.6. The van der Waals surface area contributed by atoms with Crippen LogP contribution in [0.15, 0.2) is 22.7 Å². The van der Waals surface area contributed by atoms with Crippen LogP contribution in [0, 0.1) is 5.82 Å². The third-order valence-corrected chi connectivity index (χ3v) is 3.70. The van der Waals surface area contributed by atoms with Crippen LogP contribution < -0.4 is 15.8 Å². The Morgan fingerprint density at radius 1 is 1.53 bits per heavy atom. The maximum atomic E-state index is 13.6. The van der Waals surface area contributed by atoms with E-state index in [-0.39, 0.29) is 5.82 Å². The summed E-state index contributed by atoms with van der Waals surface area (Å²) in [7, 11) is 0. The number of benzene rings is 1. The largest absolute Gasteiger partial charge is 0.487 e. The molecule has 7 heteroatoms. The number of nitrogens with one attached hydrogen (secondary N) is 1. The molecule has 19 heavy (non-hydrogen) atoms. The first-order valence-electron chi connectivity index (χ1n) is 5.67. The van der Waals surface area contributed by atoms with Gasteiger partial charge in [0.25, 0.3) is 0 Å². The van der Waals surface area contributed by atoms with Gasteiger partial charge in [0.15, 0.2) is 16.6 Å². The number of nitrogen functional groups attached to an aromatic ring is 1. The SMILES string of the molecule is CCOc1c(N)nsc1NCc1cc(Br)ccc1F. The molecule has 102 valence electrons. The number of ether oxygens (including phenoxy) is 1. The number of halogens is 2. The zero-order valence-electron chi connectivity index (χ0n) is 10.2. The standard InChI is InChI=1S/C12H13BrFN3OS/c1-2-18-10-11(15)17-19-12(10)16-6-7-5-8(13)3-4-9(7)14/h3-5,16H,2,6H2,1H3,(H2,15,17). The number of aromatic nitrogens is 1. The lowest BCUT2D eigenvalue weighted by Crippen LogP contribution is -2.03. The molecule has 2 aromatic rings. The highest BCUT2D eigenvalue weighted by Crippen LogP contribution is 2.35. The van der Waals surface area contributed by atoms with Crippen molar-refractivity contribution in [1.82, 2.24) is 4.37 Å². The summed E-state index contributed by atoms with van der Waals surface area (Å²) in [5, 5.41) is 3.80. The number of nitrogens with two attached hydrogens (primary N) is 1. The first kappa shape index (κ1) is 14.1. The second-order valence-electron chi connectivity index (χ2n) is 3.75. The lowest BCUT2D eigenvalue weighted by Gasteiger charge is -2.08. The summed E-state index contributed by atoms with van der Waals surface area (Å²) >= 11 is 4.52. The van der Waals surface area contributed by atoms with E-state index in [2.05, 4.69) is 25.6 Å². The molecule has 1 heterocycles. The monoisotopic (exact) mass is 345 g/mol. The summed E-state index contributed by atoms with van der Waals surface area (Å²) in [6.07, 6.45) is 0. The van der Waals surface area contributed by atoms with Crippen molar-refractivity contribution < 1.29 is 9.13 Å². The molecule has 0 fully saturated rings. The molecular formula is C12H13BrFN3OS. The van der Waals surface area contributed by atoms with Gasteiger partial charge < -0.3 is 15.8 Å². The highest BCUT2D eigenvalue weighted by Gasteiger charge is 2.13. The van der Waals surface area contributed by atoms with Crippen molar-refractivity contribution in [3.63, 3.8) is 0 Å². The van der Waals surface area contributed by atoms with Crippen LogP contribution in [-0.2, 0) is 6.54 Å². The zero-order valence-corrected chi connectivity index (χ0v) is 12.6. The first-order chi connectivity index (χ1) is 9.11. The number of rotatable bonds is 5. The lowest BCUT2D eigenvalue weighted by molar-refractivity contribution is 0.344. The van der Waals surface area contributed by atoms with Crippen molar-refractivity contribution in [2.24, 2.45) is 0 Å². The van der Waals surface area contributed by atoms with Gasteiger partial charge in [-0.1, -0.05) is 15.9 Å². The minimum absolute atomic E-state index is 0.258. The van der Waals surface area contributed by atoms with Crippen LogP contribution in [0.1, 0.15) is 12.5 Å². The van der Waals surface area contributed by atoms with Gasteiger partial charge in [0.05, 0.1) is 6.61 Å². The van der Waals surface area contributed by atoms with E-state index in [9.17, 15) is 4.39 Å².